The molecule has 5 nitrogen and oxygen atoms in total. The van der Waals surface area contributed by atoms with Crippen molar-refractivity contribution in [3.05, 3.63) is 18.2 Å². The van der Waals surface area contributed by atoms with Crippen LogP contribution >= 0.6 is 11.6 Å². The largest absolute Gasteiger partial charge is 0.494 e. The summed E-state index contributed by atoms with van der Waals surface area (Å²) in [6.45, 7) is 3.98. The zero-order valence-electron chi connectivity index (χ0n) is 11.9. The van der Waals surface area contributed by atoms with Crippen molar-refractivity contribution in [1.29, 1.82) is 0 Å². The number of alkyl halides is 1. The van der Waals surface area contributed by atoms with E-state index >= 15 is 0 Å². The molecule has 0 aliphatic rings. The number of amidine groups is 1. The molecule has 0 aromatic heterocycles. The van der Waals surface area contributed by atoms with Gasteiger partial charge in [0.25, 0.3) is 0 Å². The molecule has 0 aliphatic carbocycles. The van der Waals surface area contributed by atoms with Gasteiger partial charge in [-0.3, -0.25) is 4.79 Å². The topological polar surface area (TPSA) is 76.7 Å². The Bertz CT molecular complexity index is 501. The van der Waals surface area contributed by atoms with Crippen molar-refractivity contribution in [2.45, 2.75) is 20.3 Å². The SMILES string of the molecule is COc1cc(N=C(N)CCl)ccc1NC(=O)CC(C)C. The molecule has 0 bridgehead atoms. The monoisotopic (exact) mass is 297 g/mol. The molecule has 110 valence electrons. The van der Waals surface area contributed by atoms with E-state index in [-0.39, 0.29) is 11.8 Å². The number of nitrogens with one attached hydrogen (secondary N) is 1. The van der Waals surface area contributed by atoms with Crippen molar-refractivity contribution in [1.82, 2.24) is 0 Å². The van der Waals surface area contributed by atoms with Gasteiger partial charge in [-0.05, 0) is 18.1 Å². The number of rotatable bonds is 6. The van der Waals surface area contributed by atoms with Gasteiger partial charge >= 0.3 is 0 Å². The average Bonchev–Trinajstić information content (AvgIpc) is 2.39. The second-order valence-electron chi connectivity index (χ2n) is 4.77. The number of halogens is 1. The van der Waals surface area contributed by atoms with Crippen LogP contribution in [0, 0.1) is 5.92 Å². The third-order valence-corrected chi connectivity index (χ3v) is 2.74. The van der Waals surface area contributed by atoms with Crippen LogP contribution in [0.3, 0.4) is 0 Å². The van der Waals surface area contributed by atoms with E-state index in [1.807, 2.05) is 13.8 Å². The van der Waals surface area contributed by atoms with Crippen molar-refractivity contribution >= 4 is 34.7 Å². The molecule has 3 N–H and O–H groups in total. The van der Waals surface area contributed by atoms with Crippen LogP contribution in [-0.2, 0) is 4.79 Å². The van der Waals surface area contributed by atoms with Crippen LogP contribution in [0.25, 0.3) is 0 Å². The predicted octanol–water partition coefficient (Wildman–Crippen LogP) is 2.91. The fraction of sp³-hybridized carbons (Fsp3) is 0.429. The summed E-state index contributed by atoms with van der Waals surface area (Å²) in [4.78, 5) is 15.9. The van der Waals surface area contributed by atoms with Gasteiger partial charge in [-0.15, -0.1) is 11.6 Å². The Balaban J connectivity index is 2.91. The molecule has 0 fully saturated rings. The molecule has 1 rings (SSSR count). The number of methoxy groups -OCH3 is 1. The Hall–Kier alpha value is -1.75. The van der Waals surface area contributed by atoms with E-state index in [9.17, 15) is 4.79 Å². The first kappa shape index (κ1) is 16.3. The molecule has 0 heterocycles. The summed E-state index contributed by atoms with van der Waals surface area (Å²) < 4.78 is 5.25. The van der Waals surface area contributed by atoms with Gasteiger partial charge in [0.1, 0.15) is 11.6 Å². The van der Waals surface area contributed by atoms with Gasteiger partial charge in [0.2, 0.25) is 5.91 Å². The van der Waals surface area contributed by atoms with E-state index in [4.69, 9.17) is 22.1 Å². The molecule has 0 saturated carbocycles. The smallest absolute Gasteiger partial charge is 0.224 e. The average molecular weight is 298 g/mol. The molecular formula is C14H20ClN3O2. The third kappa shape index (κ3) is 5.09. The molecule has 0 atom stereocenters. The van der Waals surface area contributed by atoms with E-state index in [1.54, 1.807) is 18.2 Å². The quantitative estimate of drug-likeness (QED) is 0.481. The van der Waals surface area contributed by atoms with Crippen molar-refractivity contribution in [2.75, 3.05) is 18.3 Å². The molecule has 6 heteroatoms. The normalized spacial score (nSPS) is 11.6. The zero-order valence-corrected chi connectivity index (χ0v) is 12.7. The van der Waals surface area contributed by atoms with Crippen LogP contribution in [0.15, 0.2) is 23.2 Å². The van der Waals surface area contributed by atoms with Crippen LogP contribution in [-0.4, -0.2) is 24.7 Å². The Morgan fingerprint density at radius 1 is 1.50 bits per heavy atom. The lowest BCUT2D eigenvalue weighted by Crippen LogP contribution is -2.14. The maximum atomic E-state index is 11.8. The van der Waals surface area contributed by atoms with Crippen LogP contribution < -0.4 is 15.8 Å². The molecule has 1 aromatic rings. The number of anilines is 1. The van der Waals surface area contributed by atoms with Gasteiger partial charge in [-0.2, -0.15) is 0 Å². The molecule has 1 aromatic carbocycles. The number of nitrogens with zero attached hydrogens (tertiary/aromatic N) is 1. The molecule has 0 radical (unpaired) electrons. The zero-order chi connectivity index (χ0) is 15.1. The maximum Gasteiger partial charge on any atom is 0.224 e. The summed E-state index contributed by atoms with van der Waals surface area (Å²) in [5.41, 5.74) is 6.82. The lowest BCUT2D eigenvalue weighted by molar-refractivity contribution is -0.116. The van der Waals surface area contributed by atoms with E-state index in [2.05, 4.69) is 10.3 Å². The number of hydrogen-bond acceptors (Lipinski definition) is 3. The van der Waals surface area contributed by atoms with Crippen molar-refractivity contribution in [3.63, 3.8) is 0 Å². The predicted molar refractivity (Wildman–Crippen MR) is 83.1 cm³/mol. The number of hydrogen-bond donors (Lipinski definition) is 2. The maximum absolute atomic E-state index is 11.8. The van der Waals surface area contributed by atoms with Crippen LogP contribution in [0.2, 0.25) is 0 Å². The van der Waals surface area contributed by atoms with Gasteiger partial charge in [-0.1, -0.05) is 13.8 Å². The first-order chi connectivity index (χ1) is 9.46. The molecule has 20 heavy (non-hydrogen) atoms. The van der Waals surface area contributed by atoms with E-state index in [0.717, 1.165) is 0 Å². The number of amides is 1. The number of ether oxygens (including phenoxy) is 1. The molecule has 0 unspecified atom stereocenters. The highest BCUT2D eigenvalue weighted by atomic mass is 35.5. The lowest BCUT2D eigenvalue weighted by Gasteiger charge is -2.12. The van der Waals surface area contributed by atoms with Crippen molar-refractivity contribution in [2.24, 2.45) is 16.6 Å². The Labute approximate surface area is 124 Å². The van der Waals surface area contributed by atoms with E-state index < -0.39 is 0 Å². The van der Waals surface area contributed by atoms with Crippen molar-refractivity contribution in [3.8, 4) is 5.75 Å². The second-order valence-corrected chi connectivity index (χ2v) is 5.03. The second kappa shape index (κ2) is 7.75. The highest BCUT2D eigenvalue weighted by molar-refractivity contribution is 6.28. The molecule has 0 spiro atoms. The Morgan fingerprint density at radius 2 is 2.20 bits per heavy atom. The van der Waals surface area contributed by atoms with Crippen LogP contribution in [0.4, 0.5) is 11.4 Å². The minimum Gasteiger partial charge on any atom is -0.494 e. The van der Waals surface area contributed by atoms with Crippen molar-refractivity contribution < 1.29 is 9.53 Å². The van der Waals surface area contributed by atoms with Gasteiger partial charge in [-0.25, -0.2) is 4.99 Å². The fourth-order valence-electron chi connectivity index (χ4n) is 1.62. The molecule has 1 amide bonds. The Kier molecular flexibility index (Phi) is 6.31. The standard InChI is InChI=1S/C14H20ClN3O2/c1-9(2)6-14(19)18-11-5-4-10(7-12(11)20-3)17-13(16)8-15/h4-5,7,9H,6,8H2,1-3H3,(H2,16,17)(H,18,19). The minimum atomic E-state index is -0.0465. The van der Waals surface area contributed by atoms with Gasteiger partial charge < -0.3 is 15.8 Å². The highest BCUT2D eigenvalue weighted by Crippen LogP contribution is 2.29. The number of nitrogens with two attached hydrogens (primary N) is 1. The third-order valence-electron chi connectivity index (χ3n) is 2.46. The summed E-state index contributed by atoms with van der Waals surface area (Å²) in [5.74, 6) is 1.27. The van der Waals surface area contributed by atoms with Gasteiger partial charge in [0, 0.05) is 12.5 Å². The first-order valence-electron chi connectivity index (χ1n) is 6.33. The summed E-state index contributed by atoms with van der Waals surface area (Å²) in [6.07, 6.45) is 0.461. The lowest BCUT2D eigenvalue weighted by atomic mass is 10.1. The fourth-order valence-corrected chi connectivity index (χ4v) is 1.68. The first-order valence-corrected chi connectivity index (χ1v) is 6.86. The van der Waals surface area contributed by atoms with E-state index in [1.165, 1.54) is 7.11 Å². The molecule has 0 saturated heterocycles. The highest BCUT2D eigenvalue weighted by Gasteiger charge is 2.10. The van der Waals surface area contributed by atoms with Gasteiger partial charge in [0.05, 0.1) is 24.4 Å². The number of carbonyl (C=O) groups excluding carboxylic acids is 1. The van der Waals surface area contributed by atoms with E-state index in [0.29, 0.717) is 35.3 Å². The summed E-state index contributed by atoms with van der Waals surface area (Å²) in [7, 11) is 1.53. The Morgan fingerprint density at radius 3 is 2.75 bits per heavy atom. The number of benzene rings is 1. The molecule has 0 aliphatic heterocycles. The van der Waals surface area contributed by atoms with Crippen LogP contribution in [0.5, 0.6) is 5.75 Å². The van der Waals surface area contributed by atoms with Gasteiger partial charge in [0.15, 0.2) is 0 Å². The summed E-state index contributed by atoms with van der Waals surface area (Å²) in [6, 6.07) is 5.18. The van der Waals surface area contributed by atoms with Crippen LogP contribution in [0.1, 0.15) is 20.3 Å². The summed E-state index contributed by atoms with van der Waals surface area (Å²) >= 11 is 5.58. The molecular weight excluding hydrogens is 278 g/mol. The minimum absolute atomic E-state index is 0.0465. The number of aliphatic imine (C=N–C) groups is 1. The number of carbonyl (C=O) groups is 1. The summed E-state index contributed by atoms with van der Waals surface area (Å²) in [5, 5.41) is 2.82.